The van der Waals surface area contributed by atoms with Crippen molar-refractivity contribution in [3.05, 3.63) is 83.6 Å². The number of nitrogens with zero attached hydrogens (tertiary/aromatic N) is 2. The quantitative estimate of drug-likeness (QED) is 0.481. The summed E-state index contributed by atoms with van der Waals surface area (Å²) in [7, 11) is 0. The minimum absolute atomic E-state index is 0.147. The molecule has 0 saturated heterocycles. The van der Waals surface area contributed by atoms with E-state index in [0.29, 0.717) is 22.2 Å². The summed E-state index contributed by atoms with van der Waals surface area (Å²) in [6, 6.07) is 10.4. The molecular weight excluding hydrogens is 388 g/mol. The molecule has 148 valence electrons. The molecular formula is C20H14F4N4O. The molecule has 2 aromatic carbocycles. The van der Waals surface area contributed by atoms with Gasteiger partial charge in [-0.05, 0) is 42.0 Å². The number of aromatic nitrogens is 3. The van der Waals surface area contributed by atoms with Gasteiger partial charge >= 0.3 is 6.18 Å². The van der Waals surface area contributed by atoms with Gasteiger partial charge in [-0.3, -0.25) is 9.48 Å². The maximum absolute atomic E-state index is 13.3. The van der Waals surface area contributed by atoms with Crippen molar-refractivity contribution in [3.8, 4) is 0 Å². The number of carbonyl (C=O) groups is 1. The minimum atomic E-state index is -4.39. The van der Waals surface area contributed by atoms with Crippen LogP contribution in [0.15, 0.2) is 60.9 Å². The summed E-state index contributed by atoms with van der Waals surface area (Å²) in [4.78, 5) is 15.3. The molecule has 0 aliphatic carbocycles. The van der Waals surface area contributed by atoms with E-state index in [1.165, 1.54) is 35.0 Å². The zero-order chi connectivity index (χ0) is 20.6. The van der Waals surface area contributed by atoms with Crippen molar-refractivity contribution in [2.24, 2.45) is 0 Å². The molecule has 4 aromatic rings. The van der Waals surface area contributed by atoms with Crippen LogP contribution in [0.5, 0.6) is 0 Å². The Labute approximate surface area is 162 Å². The van der Waals surface area contributed by atoms with Gasteiger partial charge in [0.15, 0.2) is 5.69 Å². The third kappa shape index (κ3) is 3.98. The second-order valence-electron chi connectivity index (χ2n) is 6.44. The second kappa shape index (κ2) is 7.08. The molecule has 0 aliphatic rings. The maximum Gasteiger partial charge on any atom is 0.416 e. The monoisotopic (exact) mass is 402 g/mol. The van der Waals surface area contributed by atoms with Crippen LogP contribution in [0, 0.1) is 5.82 Å². The maximum atomic E-state index is 13.3. The largest absolute Gasteiger partial charge is 0.416 e. The minimum Gasteiger partial charge on any atom is -0.359 e. The number of benzene rings is 2. The number of hydrogen-bond donors (Lipinski definition) is 2. The molecule has 0 fully saturated rings. The van der Waals surface area contributed by atoms with E-state index in [1.807, 2.05) is 0 Å². The lowest BCUT2D eigenvalue weighted by Crippen LogP contribution is -2.13. The Balaban J connectivity index is 1.46. The molecule has 5 nitrogen and oxygen atoms in total. The summed E-state index contributed by atoms with van der Waals surface area (Å²) in [5, 5.41) is 7.53. The van der Waals surface area contributed by atoms with Gasteiger partial charge in [0.05, 0.1) is 23.3 Å². The van der Waals surface area contributed by atoms with Crippen molar-refractivity contribution < 1.29 is 22.4 Å². The Morgan fingerprint density at radius 2 is 1.86 bits per heavy atom. The zero-order valence-electron chi connectivity index (χ0n) is 14.8. The van der Waals surface area contributed by atoms with Crippen molar-refractivity contribution in [2.45, 2.75) is 12.7 Å². The predicted octanol–water partition coefficient (Wildman–Crippen LogP) is 4.82. The summed E-state index contributed by atoms with van der Waals surface area (Å²) in [6.45, 7) is 0.220. The van der Waals surface area contributed by atoms with Gasteiger partial charge in [-0.1, -0.05) is 12.1 Å². The number of aromatic amines is 1. The van der Waals surface area contributed by atoms with E-state index in [0.717, 1.165) is 12.1 Å². The van der Waals surface area contributed by atoms with Crippen LogP contribution in [0.4, 0.5) is 23.2 Å². The summed E-state index contributed by atoms with van der Waals surface area (Å²) in [5.41, 5.74) is 1.08. The number of rotatable bonds is 4. The highest BCUT2D eigenvalue weighted by Crippen LogP contribution is 2.29. The van der Waals surface area contributed by atoms with Gasteiger partial charge in [-0.25, -0.2) is 4.39 Å². The van der Waals surface area contributed by atoms with Gasteiger partial charge in [-0.2, -0.15) is 18.3 Å². The first-order chi connectivity index (χ1) is 13.8. The number of fused-ring (bicyclic) bond motifs is 1. The first kappa shape index (κ1) is 18.7. The standard InChI is InChI=1S/C20H14F4N4O/c21-14-5-6-15-17(9-14)25-10-18(15)26-19(29)16-7-8-28(27-16)11-12-1-3-13(4-2-12)20(22,23)24/h1-10,25H,11H2,(H,26,29). The van der Waals surface area contributed by atoms with Crippen molar-refractivity contribution in [1.82, 2.24) is 14.8 Å². The molecule has 0 radical (unpaired) electrons. The highest BCUT2D eigenvalue weighted by molar-refractivity contribution is 6.08. The molecule has 2 N–H and O–H groups in total. The highest BCUT2D eigenvalue weighted by Gasteiger charge is 2.29. The van der Waals surface area contributed by atoms with Crippen LogP contribution < -0.4 is 5.32 Å². The Bertz CT molecular complexity index is 1180. The van der Waals surface area contributed by atoms with E-state index in [9.17, 15) is 22.4 Å². The SMILES string of the molecule is O=C(Nc1c[nH]c2cc(F)ccc12)c1ccn(Cc2ccc(C(F)(F)F)cc2)n1. The Hall–Kier alpha value is -3.62. The Morgan fingerprint density at radius 3 is 2.59 bits per heavy atom. The summed E-state index contributed by atoms with van der Waals surface area (Å²) in [6.07, 6.45) is -1.26. The topological polar surface area (TPSA) is 62.7 Å². The molecule has 0 bridgehead atoms. The van der Waals surface area contributed by atoms with Crippen molar-refractivity contribution in [1.29, 1.82) is 0 Å². The first-order valence-corrected chi connectivity index (χ1v) is 8.57. The van der Waals surface area contributed by atoms with Crippen molar-refractivity contribution in [2.75, 3.05) is 5.32 Å². The number of hydrogen-bond acceptors (Lipinski definition) is 2. The molecule has 2 heterocycles. The lowest BCUT2D eigenvalue weighted by atomic mass is 10.1. The summed E-state index contributed by atoms with van der Waals surface area (Å²) < 4.78 is 52.6. The van der Waals surface area contributed by atoms with E-state index < -0.39 is 17.6 Å². The number of halogens is 4. The number of H-pyrrole nitrogens is 1. The van der Waals surface area contributed by atoms with Gasteiger partial charge in [0, 0.05) is 17.8 Å². The smallest absolute Gasteiger partial charge is 0.359 e. The first-order valence-electron chi connectivity index (χ1n) is 8.57. The second-order valence-corrected chi connectivity index (χ2v) is 6.44. The molecule has 0 atom stereocenters. The summed E-state index contributed by atoms with van der Waals surface area (Å²) in [5.74, 6) is -0.847. The number of amides is 1. The highest BCUT2D eigenvalue weighted by atomic mass is 19.4. The fourth-order valence-electron chi connectivity index (χ4n) is 2.95. The number of nitrogens with one attached hydrogen (secondary N) is 2. The molecule has 0 aliphatic heterocycles. The van der Waals surface area contributed by atoms with Crippen LogP contribution in [0.3, 0.4) is 0 Å². The normalized spacial score (nSPS) is 11.7. The summed E-state index contributed by atoms with van der Waals surface area (Å²) >= 11 is 0. The van der Waals surface area contributed by atoms with Crippen LogP contribution in [0.25, 0.3) is 10.9 Å². The van der Waals surface area contributed by atoms with Crippen LogP contribution in [-0.4, -0.2) is 20.7 Å². The number of alkyl halides is 3. The van der Waals surface area contributed by atoms with Crippen LogP contribution in [-0.2, 0) is 12.7 Å². The molecule has 0 unspecified atom stereocenters. The van der Waals surface area contributed by atoms with E-state index in [2.05, 4.69) is 15.4 Å². The van der Waals surface area contributed by atoms with Gasteiger partial charge in [0.1, 0.15) is 5.82 Å². The van der Waals surface area contributed by atoms with Gasteiger partial charge in [0.2, 0.25) is 0 Å². The molecule has 0 spiro atoms. The fourth-order valence-corrected chi connectivity index (χ4v) is 2.95. The zero-order valence-corrected chi connectivity index (χ0v) is 14.8. The third-order valence-corrected chi connectivity index (χ3v) is 4.39. The molecule has 4 rings (SSSR count). The molecule has 9 heteroatoms. The predicted molar refractivity (Wildman–Crippen MR) is 99.0 cm³/mol. The van der Waals surface area contributed by atoms with Gasteiger partial charge in [-0.15, -0.1) is 0 Å². The third-order valence-electron chi connectivity index (χ3n) is 4.39. The Kier molecular flexibility index (Phi) is 4.57. The Morgan fingerprint density at radius 1 is 1.10 bits per heavy atom. The average molecular weight is 402 g/mol. The van der Waals surface area contributed by atoms with Gasteiger partial charge in [0.25, 0.3) is 5.91 Å². The van der Waals surface area contributed by atoms with Crippen LogP contribution in [0.2, 0.25) is 0 Å². The average Bonchev–Trinajstić information content (AvgIpc) is 3.28. The van der Waals surface area contributed by atoms with E-state index in [1.54, 1.807) is 18.5 Å². The number of anilines is 1. The van der Waals surface area contributed by atoms with Crippen LogP contribution >= 0.6 is 0 Å². The van der Waals surface area contributed by atoms with E-state index in [-0.39, 0.29) is 18.1 Å². The lowest BCUT2D eigenvalue weighted by Gasteiger charge is -2.07. The van der Waals surface area contributed by atoms with E-state index >= 15 is 0 Å². The fraction of sp³-hybridized carbons (Fsp3) is 0.100. The number of carbonyl (C=O) groups excluding carboxylic acids is 1. The van der Waals surface area contributed by atoms with E-state index in [4.69, 9.17) is 0 Å². The molecule has 29 heavy (non-hydrogen) atoms. The lowest BCUT2D eigenvalue weighted by molar-refractivity contribution is -0.137. The van der Waals surface area contributed by atoms with Crippen LogP contribution in [0.1, 0.15) is 21.6 Å². The van der Waals surface area contributed by atoms with Gasteiger partial charge < -0.3 is 10.3 Å². The van der Waals surface area contributed by atoms with Crippen molar-refractivity contribution >= 4 is 22.5 Å². The molecule has 1 amide bonds. The molecule has 2 aromatic heterocycles. The van der Waals surface area contributed by atoms with Crippen molar-refractivity contribution in [3.63, 3.8) is 0 Å². The molecule has 0 saturated carbocycles.